The second-order valence-electron chi connectivity index (χ2n) is 6.27. The van der Waals surface area contributed by atoms with Gasteiger partial charge in [0.2, 0.25) is 0 Å². The number of thioether (sulfide) groups is 1. The molecule has 10 heteroatoms. The molecule has 1 atom stereocenters. The van der Waals surface area contributed by atoms with Crippen molar-refractivity contribution in [2.75, 3.05) is 17.3 Å². The van der Waals surface area contributed by atoms with Gasteiger partial charge in [0.1, 0.15) is 5.76 Å². The SMILES string of the molecule is CCCSc1ncc(Cl)c(C(=O)N(Cc2ccco2)[C@@H]2CCS(=O)(=O)C2)n1. The Morgan fingerprint density at radius 3 is 2.93 bits per heavy atom. The van der Waals surface area contributed by atoms with Crippen molar-refractivity contribution in [1.82, 2.24) is 14.9 Å². The molecule has 0 N–H and O–H groups in total. The van der Waals surface area contributed by atoms with Crippen LogP contribution in [0.2, 0.25) is 5.02 Å². The van der Waals surface area contributed by atoms with Crippen molar-refractivity contribution in [2.24, 2.45) is 0 Å². The van der Waals surface area contributed by atoms with Crippen LogP contribution in [-0.4, -0.2) is 52.5 Å². The van der Waals surface area contributed by atoms with Crippen LogP contribution in [0, 0.1) is 0 Å². The van der Waals surface area contributed by atoms with Crippen molar-refractivity contribution >= 4 is 39.1 Å². The summed E-state index contributed by atoms with van der Waals surface area (Å²) in [5.41, 5.74) is 0.0844. The highest BCUT2D eigenvalue weighted by molar-refractivity contribution is 7.99. The summed E-state index contributed by atoms with van der Waals surface area (Å²) in [6.45, 7) is 2.20. The van der Waals surface area contributed by atoms with E-state index >= 15 is 0 Å². The van der Waals surface area contributed by atoms with Gasteiger partial charge in [0.25, 0.3) is 5.91 Å². The first kappa shape index (κ1) is 20.2. The molecule has 0 spiro atoms. The predicted molar refractivity (Wildman–Crippen MR) is 104 cm³/mol. The Bertz CT molecular complexity index is 903. The molecule has 3 rings (SSSR count). The van der Waals surface area contributed by atoms with Gasteiger partial charge in [-0.15, -0.1) is 0 Å². The lowest BCUT2D eigenvalue weighted by molar-refractivity contribution is 0.0659. The number of sulfone groups is 1. The summed E-state index contributed by atoms with van der Waals surface area (Å²) in [5, 5.41) is 0.618. The molecule has 7 nitrogen and oxygen atoms in total. The highest BCUT2D eigenvalue weighted by Crippen LogP contribution is 2.25. The maximum Gasteiger partial charge on any atom is 0.274 e. The molecule has 1 saturated heterocycles. The van der Waals surface area contributed by atoms with Crippen molar-refractivity contribution in [3.05, 3.63) is 41.1 Å². The van der Waals surface area contributed by atoms with E-state index in [4.69, 9.17) is 16.0 Å². The van der Waals surface area contributed by atoms with Gasteiger partial charge in [0.05, 0.1) is 35.5 Å². The van der Waals surface area contributed by atoms with E-state index in [1.165, 1.54) is 29.1 Å². The summed E-state index contributed by atoms with van der Waals surface area (Å²) < 4.78 is 29.2. The summed E-state index contributed by atoms with van der Waals surface area (Å²) in [6.07, 6.45) is 4.26. The van der Waals surface area contributed by atoms with E-state index in [1.54, 1.807) is 12.1 Å². The van der Waals surface area contributed by atoms with Crippen molar-refractivity contribution in [1.29, 1.82) is 0 Å². The molecule has 1 aliphatic heterocycles. The largest absolute Gasteiger partial charge is 0.467 e. The van der Waals surface area contributed by atoms with Gasteiger partial charge in [-0.1, -0.05) is 30.3 Å². The van der Waals surface area contributed by atoms with Gasteiger partial charge in [0, 0.05) is 11.8 Å². The number of furan rings is 1. The van der Waals surface area contributed by atoms with E-state index in [2.05, 4.69) is 9.97 Å². The van der Waals surface area contributed by atoms with Gasteiger partial charge >= 0.3 is 0 Å². The van der Waals surface area contributed by atoms with Crippen LogP contribution in [0.1, 0.15) is 36.0 Å². The van der Waals surface area contributed by atoms with Crippen LogP contribution in [0.3, 0.4) is 0 Å². The smallest absolute Gasteiger partial charge is 0.274 e. The third-order valence-electron chi connectivity index (χ3n) is 4.18. The van der Waals surface area contributed by atoms with E-state index in [1.807, 2.05) is 6.92 Å². The van der Waals surface area contributed by atoms with E-state index < -0.39 is 21.8 Å². The van der Waals surface area contributed by atoms with Gasteiger partial charge in [0.15, 0.2) is 20.7 Å². The zero-order valence-corrected chi connectivity index (χ0v) is 17.2. The first-order chi connectivity index (χ1) is 12.9. The normalized spacial score (nSPS) is 18.5. The Balaban J connectivity index is 1.90. The number of halogens is 1. The first-order valence-corrected chi connectivity index (χ1v) is 11.8. The number of hydrogen-bond donors (Lipinski definition) is 0. The van der Waals surface area contributed by atoms with E-state index in [-0.39, 0.29) is 28.8 Å². The zero-order valence-electron chi connectivity index (χ0n) is 14.8. The Morgan fingerprint density at radius 1 is 1.48 bits per heavy atom. The lowest BCUT2D eigenvalue weighted by atomic mass is 10.2. The molecule has 1 amide bonds. The van der Waals surface area contributed by atoms with E-state index in [0.717, 1.165) is 12.2 Å². The molecule has 0 unspecified atom stereocenters. The fourth-order valence-corrected chi connectivity index (χ4v) is 5.43. The molecule has 27 heavy (non-hydrogen) atoms. The fourth-order valence-electron chi connectivity index (χ4n) is 2.86. The number of rotatable bonds is 7. The van der Waals surface area contributed by atoms with Crippen LogP contribution < -0.4 is 0 Å². The average molecular weight is 430 g/mol. The van der Waals surface area contributed by atoms with Crippen molar-refractivity contribution in [3.63, 3.8) is 0 Å². The molecule has 3 heterocycles. The molecule has 0 radical (unpaired) electrons. The average Bonchev–Trinajstić information content (AvgIpc) is 3.27. The molecule has 0 saturated carbocycles. The maximum atomic E-state index is 13.2. The summed E-state index contributed by atoms with van der Waals surface area (Å²) in [7, 11) is -3.16. The maximum absolute atomic E-state index is 13.2. The number of carbonyl (C=O) groups is 1. The highest BCUT2D eigenvalue weighted by atomic mass is 35.5. The molecule has 146 valence electrons. The fraction of sp³-hybridized carbons (Fsp3) is 0.471. The third-order valence-corrected chi connectivity index (χ3v) is 7.27. The van der Waals surface area contributed by atoms with Crippen LogP contribution in [0.15, 0.2) is 34.2 Å². The van der Waals surface area contributed by atoms with Gasteiger partial charge < -0.3 is 9.32 Å². The van der Waals surface area contributed by atoms with Gasteiger partial charge in [-0.3, -0.25) is 4.79 Å². The highest BCUT2D eigenvalue weighted by Gasteiger charge is 2.36. The van der Waals surface area contributed by atoms with Gasteiger partial charge in [-0.25, -0.2) is 18.4 Å². The summed E-state index contributed by atoms with van der Waals surface area (Å²) in [5.74, 6) is 0.971. The monoisotopic (exact) mass is 429 g/mol. The van der Waals surface area contributed by atoms with Crippen LogP contribution in [0.4, 0.5) is 0 Å². The molecular formula is C17H20ClN3O4S2. The first-order valence-electron chi connectivity index (χ1n) is 8.58. The molecule has 0 aromatic carbocycles. The minimum atomic E-state index is -3.16. The van der Waals surface area contributed by atoms with Crippen LogP contribution in [0.25, 0.3) is 0 Å². The molecule has 1 fully saturated rings. The summed E-state index contributed by atoms with van der Waals surface area (Å²) in [6, 6.07) is 3.03. The second kappa shape index (κ2) is 8.62. The van der Waals surface area contributed by atoms with Gasteiger partial charge in [-0.2, -0.15) is 0 Å². The number of hydrogen-bond acceptors (Lipinski definition) is 7. The van der Waals surface area contributed by atoms with Crippen LogP contribution in [0.5, 0.6) is 0 Å². The molecular weight excluding hydrogens is 410 g/mol. The number of aromatic nitrogens is 2. The van der Waals surface area contributed by atoms with E-state index in [0.29, 0.717) is 17.3 Å². The van der Waals surface area contributed by atoms with Crippen LogP contribution in [-0.2, 0) is 16.4 Å². The number of amides is 1. The second-order valence-corrected chi connectivity index (χ2v) is 9.96. The topological polar surface area (TPSA) is 93.4 Å². The Morgan fingerprint density at radius 2 is 2.30 bits per heavy atom. The molecule has 1 aliphatic rings. The molecule has 2 aromatic rings. The minimum absolute atomic E-state index is 0.0642. The standard InChI is InChI=1S/C17H20ClN3O4S2/c1-2-7-26-17-19-9-14(18)15(20-17)16(22)21(10-13-4-3-6-25-13)12-5-8-27(23,24)11-12/h3-4,6,9,12H,2,5,7-8,10-11H2,1H3/t12-/m1/s1. The predicted octanol–water partition coefficient (Wildman–Crippen LogP) is 3.05. The molecule has 2 aromatic heterocycles. The quantitative estimate of drug-likeness (QED) is 0.493. The summed E-state index contributed by atoms with van der Waals surface area (Å²) in [4.78, 5) is 23.2. The lowest BCUT2D eigenvalue weighted by Gasteiger charge is -2.27. The number of nitrogens with zero attached hydrogens (tertiary/aromatic N) is 3. The van der Waals surface area contributed by atoms with Crippen LogP contribution >= 0.6 is 23.4 Å². The minimum Gasteiger partial charge on any atom is -0.467 e. The lowest BCUT2D eigenvalue weighted by Crippen LogP contribution is -2.41. The zero-order chi connectivity index (χ0) is 19.4. The third kappa shape index (κ3) is 5.03. The van der Waals surface area contributed by atoms with Crippen molar-refractivity contribution in [2.45, 2.75) is 37.5 Å². The van der Waals surface area contributed by atoms with E-state index in [9.17, 15) is 13.2 Å². The summed E-state index contributed by atoms with van der Waals surface area (Å²) >= 11 is 7.63. The Labute approximate surface area is 167 Å². The van der Waals surface area contributed by atoms with Crippen molar-refractivity contribution < 1.29 is 17.6 Å². The molecule has 0 aliphatic carbocycles. The van der Waals surface area contributed by atoms with Gasteiger partial charge in [-0.05, 0) is 25.0 Å². The Hall–Kier alpha value is -1.58. The molecule has 0 bridgehead atoms. The number of carbonyl (C=O) groups excluding carboxylic acids is 1. The van der Waals surface area contributed by atoms with Crippen molar-refractivity contribution in [3.8, 4) is 0 Å². The Kier molecular flexibility index (Phi) is 6.44.